The number of benzene rings is 1. The molecule has 2 aliphatic heterocycles. The Morgan fingerprint density at radius 2 is 2.00 bits per heavy atom. The Morgan fingerprint density at radius 3 is 2.86 bits per heavy atom. The van der Waals surface area contributed by atoms with Crippen LogP contribution < -0.4 is 19.7 Å². The smallest absolute Gasteiger partial charge is 0.303 e. The predicted octanol–water partition coefficient (Wildman–Crippen LogP) is 5.06. The monoisotopic (exact) mass is 540 g/mol. The minimum atomic E-state index is -0.819. The number of carboxylic acids is 1. The maximum Gasteiger partial charge on any atom is 0.303 e. The Morgan fingerprint density at radius 1 is 1.14 bits per heavy atom. The minimum absolute atomic E-state index is 0.0458. The molecule has 10 heteroatoms. The average molecular weight is 541 g/mol. The van der Waals surface area contributed by atoms with Crippen molar-refractivity contribution in [2.24, 2.45) is 0 Å². The topological polar surface area (TPSA) is 96.8 Å². The number of hydrogen-bond donors (Lipinski definition) is 2. The lowest BCUT2D eigenvalue weighted by Gasteiger charge is -2.28. The third kappa shape index (κ3) is 7.07. The van der Waals surface area contributed by atoms with Gasteiger partial charge in [0.1, 0.15) is 5.82 Å². The van der Waals surface area contributed by atoms with Gasteiger partial charge in [-0.25, -0.2) is 9.97 Å². The summed E-state index contributed by atoms with van der Waals surface area (Å²) >= 11 is 3.67. The summed E-state index contributed by atoms with van der Waals surface area (Å²) in [5.41, 5.74) is 3.12. The van der Waals surface area contributed by atoms with Crippen LogP contribution in [-0.2, 0) is 17.6 Å². The first-order valence-corrected chi connectivity index (χ1v) is 14.7. The molecule has 0 radical (unpaired) electrons. The molecule has 8 nitrogen and oxygen atoms in total. The first-order chi connectivity index (χ1) is 18.1. The number of anilines is 2. The van der Waals surface area contributed by atoms with E-state index in [-0.39, 0.29) is 19.1 Å². The maximum atomic E-state index is 11.5. The number of thioether (sulfide) groups is 1. The van der Waals surface area contributed by atoms with Gasteiger partial charge in [0.25, 0.3) is 0 Å². The van der Waals surface area contributed by atoms with E-state index in [0.29, 0.717) is 17.9 Å². The number of carbonyl (C=O) groups is 1. The van der Waals surface area contributed by atoms with E-state index >= 15 is 0 Å². The van der Waals surface area contributed by atoms with E-state index < -0.39 is 5.97 Å². The molecular formula is C27H32N4O4S2. The van der Waals surface area contributed by atoms with Gasteiger partial charge in [0.15, 0.2) is 11.5 Å². The Kier molecular flexibility index (Phi) is 8.68. The second kappa shape index (κ2) is 12.5. The lowest BCUT2D eigenvalue weighted by molar-refractivity contribution is -0.137. The quantitative estimate of drug-likeness (QED) is 0.306. The van der Waals surface area contributed by atoms with Crippen LogP contribution in [0.25, 0.3) is 0 Å². The number of unbranched alkanes of at least 4 members (excludes halogenated alkanes) is 1. The molecule has 2 N–H and O–H groups in total. The highest BCUT2D eigenvalue weighted by Gasteiger charge is 2.22. The van der Waals surface area contributed by atoms with Gasteiger partial charge >= 0.3 is 5.97 Å². The molecule has 2 aliphatic rings. The van der Waals surface area contributed by atoms with E-state index in [1.54, 1.807) is 11.3 Å². The van der Waals surface area contributed by atoms with Gasteiger partial charge in [-0.15, -0.1) is 11.3 Å². The lowest BCUT2D eigenvalue weighted by Crippen LogP contribution is -2.32. The van der Waals surface area contributed by atoms with Crippen molar-refractivity contribution in [2.45, 2.75) is 38.0 Å². The van der Waals surface area contributed by atoms with Crippen molar-refractivity contribution in [1.29, 1.82) is 0 Å². The molecule has 1 atom stereocenters. The van der Waals surface area contributed by atoms with Crippen molar-refractivity contribution < 1.29 is 19.4 Å². The van der Waals surface area contributed by atoms with Crippen LogP contribution in [-0.4, -0.2) is 59.0 Å². The summed E-state index contributed by atoms with van der Waals surface area (Å²) in [5, 5.41) is 16.1. The third-order valence-electron chi connectivity index (χ3n) is 6.59. The summed E-state index contributed by atoms with van der Waals surface area (Å²) in [5.74, 6) is 3.68. The zero-order valence-corrected chi connectivity index (χ0v) is 22.4. The average Bonchev–Trinajstić information content (AvgIpc) is 3.57. The zero-order valence-electron chi connectivity index (χ0n) is 20.7. The van der Waals surface area contributed by atoms with E-state index in [1.807, 2.05) is 36.2 Å². The molecule has 4 heterocycles. The first kappa shape index (κ1) is 25.7. The van der Waals surface area contributed by atoms with Crippen molar-refractivity contribution in [2.75, 3.05) is 48.1 Å². The van der Waals surface area contributed by atoms with E-state index in [1.165, 1.54) is 17.2 Å². The molecule has 0 saturated carbocycles. The summed E-state index contributed by atoms with van der Waals surface area (Å²) in [6, 6.07) is 9.92. The Balaban J connectivity index is 1.09. The van der Waals surface area contributed by atoms with Crippen molar-refractivity contribution >= 4 is 40.6 Å². The van der Waals surface area contributed by atoms with Crippen LogP contribution in [0.5, 0.6) is 11.5 Å². The number of pyridine rings is 1. The molecule has 0 bridgehead atoms. The molecule has 0 spiro atoms. The standard InChI is InChI=1S/C27H32N4O4S2/c32-27(33)15-20(19-4-5-23-24(14-19)35-18-34-23)13-21-17-37-26(30-21)3-1-2-7-28-25-16-22(6-8-29-25)31-9-11-36-12-10-31/h4-6,8,14,16-17,20H,1-3,7,9-13,15,18H2,(H,28,29)(H,32,33)/t20-/m0/s1. The number of thiazole rings is 1. The number of carboxylic acid groups (broad SMARTS) is 1. The van der Waals surface area contributed by atoms with Crippen LogP contribution in [0.4, 0.5) is 11.5 Å². The number of nitrogens with one attached hydrogen (secondary N) is 1. The van der Waals surface area contributed by atoms with Crippen molar-refractivity contribution in [3.63, 3.8) is 0 Å². The fraction of sp³-hybridized carbons (Fsp3) is 0.444. The molecule has 37 heavy (non-hydrogen) atoms. The number of aliphatic carboxylic acids is 1. The number of aryl methyl sites for hydroxylation is 1. The van der Waals surface area contributed by atoms with E-state index in [0.717, 1.165) is 61.0 Å². The predicted molar refractivity (Wildman–Crippen MR) is 149 cm³/mol. The normalized spacial score (nSPS) is 15.5. The number of ether oxygens (including phenoxy) is 2. The van der Waals surface area contributed by atoms with E-state index in [9.17, 15) is 9.90 Å². The maximum absolute atomic E-state index is 11.5. The van der Waals surface area contributed by atoms with Crippen LogP contribution in [0.2, 0.25) is 0 Å². The van der Waals surface area contributed by atoms with Gasteiger partial charge in [-0.3, -0.25) is 4.79 Å². The van der Waals surface area contributed by atoms with Gasteiger partial charge in [-0.1, -0.05) is 6.07 Å². The fourth-order valence-corrected chi connectivity index (χ4v) is 6.40. The van der Waals surface area contributed by atoms with E-state index in [2.05, 4.69) is 32.7 Å². The largest absolute Gasteiger partial charge is 0.481 e. The number of aromatic nitrogens is 2. The molecule has 1 saturated heterocycles. The fourth-order valence-electron chi connectivity index (χ4n) is 4.65. The minimum Gasteiger partial charge on any atom is -0.481 e. The lowest BCUT2D eigenvalue weighted by atomic mass is 9.91. The molecule has 1 fully saturated rings. The van der Waals surface area contributed by atoms with Gasteiger partial charge < -0.3 is 24.8 Å². The second-order valence-corrected chi connectivity index (χ2v) is 11.4. The highest BCUT2D eigenvalue weighted by atomic mass is 32.2. The number of hydrogen-bond acceptors (Lipinski definition) is 9. The van der Waals surface area contributed by atoms with Gasteiger partial charge in [-0.05, 0) is 49.4 Å². The zero-order chi connectivity index (χ0) is 25.5. The number of fused-ring (bicyclic) bond motifs is 1. The summed E-state index contributed by atoms with van der Waals surface area (Å²) in [7, 11) is 0. The molecule has 0 aliphatic carbocycles. The van der Waals surface area contributed by atoms with Gasteiger partial charge in [0.05, 0.1) is 17.1 Å². The number of nitrogens with zero attached hydrogens (tertiary/aromatic N) is 3. The SMILES string of the molecule is O=C(O)C[C@H](Cc1csc(CCCCNc2cc(N3CCSCC3)ccn2)n1)c1ccc2c(c1)OCO2. The molecule has 3 aromatic rings. The highest BCUT2D eigenvalue weighted by Crippen LogP contribution is 2.36. The molecular weight excluding hydrogens is 508 g/mol. The van der Waals surface area contributed by atoms with Crippen molar-refractivity contribution in [3.05, 3.63) is 58.2 Å². The summed E-state index contributed by atoms with van der Waals surface area (Å²) in [4.78, 5) is 23.2. The molecule has 0 unspecified atom stereocenters. The summed E-state index contributed by atoms with van der Waals surface area (Å²) < 4.78 is 10.9. The Labute approximate surface area is 225 Å². The van der Waals surface area contributed by atoms with Crippen LogP contribution in [0.15, 0.2) is 41.9 Å². The van der Waals surface area contributed by atoms with Crippen LogP contribution in [0.1, 0.15) is 41.4 Å². The molecule has 196 valence electrons. The van der Waals surface area contributed by atoms with Crippen molar-refractivity contribution in [3.8, 4) is 11.5 Å². The van der Waals surface area contributed by atoms with Crippen LogP contribution >= 0.6 is 23.1 Å². The number of rotatable bonds is 12. The molecule has 1 aromatic carbocycles. The Bertz CT molecular complexity index is 1200. The van der Waals surface area contributed by atoms with Gasteiger partial charge in [-0.2, -0.15) is 11.8 Å². The summed E-state index contributed by atoms with van der Waals surface area (Å²) in [6.45, 7) is 3.26. The molecule has 0 amide bonds. The van der Waals surface area contributed by atoms with E-state index in [4.69, 9.17) is 14.5 Å². The Hall–Kier alpha value is -2.98. The highest BCUT2D eigenvalue weighted by molar-refractivity contribution is 7.99. The molecule has 2 aromatic heterocycles. The van der Waals surface area contributed by atoms with Crippen LogP contribution in [0.3, 0.4) is 0 Å². The molecule has 5 rings (SSSR count). The first-order valence-electron chi connectivity index (χ1n) is 12.7. The van der Waals surface area contributed by atoms with Gasteiger partial charge in [0.2, 0.25) is 6.79 Å². The van der Waals surface area contributed by atoms with Gasteiger partial charge in [0, 0.05) is 60.4 Å². The third-order valence-corrected chi connectivity index (χ3v) is 8.49. The second-order valence-electron chi connectivity index (χ2n) is 9.23. The summed E-state index contributed by atoms with van der Waals surface area (Å²) in [6.07, 6.45) is 5.49. The van der Waals surface area contributed by atoms with Crippen LogP contribution in [0, 0.1) is 0 Å². The van der Waals surface area contributed by atoms with Crippen molar-refractivity contribution in [1.82, 2.24) is 9.97 Å².